The number of anilines is 1. The number of nitrogens with zero attached hydrogens (tertiary/aromatic N) is 2. The summed E-state index contributed by atoms with van der Waals surface area (Å²) in [4.78, 5) is 11.4. The Morgan fingerprint density at radius 2 is 2.10 bits per heavy atom. The minimum Gasteiger partial charge on any atom is -0.484 e. The van der Waals surface area contributed by atoms with Crippen LogP contribution >= 0.6 is 11.3 Å². The van der Waals surface area contributed by atoms with Crippen molar-refractivity contribution in [2.24, 2.45) is 0 Å². The predicted molar refractivity (Wildman–Crippen MR) is 78.6 cm³/mol. The summed E-state index contributed by atoms with van der Waals surface area (Å²) in [5, 5.41) is 11.7. The van der Waals surface area contributed by atoms with Crippen molar-refractivity contribution in [3.63, 3.8) is 0 Å². The highest BCUT2D eigenvalue weighted by molar-refractivity contribution is 7.18. The van der Waals surface area contributed by atoms with Crippen LogP contribution in [-0.4, -0.2) is 29.3 Å². The smallest absolute Gasteiger partial charge is 0.257 e. The molecule has 1 amide bonds. The van der Waals surface area contributed by atoms with Crippen molar-refractivity contribution >= 4 is 22.4 Å². The summed E-state index contributed by atoms with van der Waals surface area (Å²) in [5.74, 6) is 0.519. The van der Waals surface area contributed by atoms with E-state index in [2.05, 4.69) is 15.5 Å². The first-order valence-corrected chi connectivity index (χ1v) is 7.09. The van der Waals surface area contributed by atoms with Gasteiger partial charge in [0.25, 0.3) is 5.91 Å². The number of hydrogen-bond acceptors (Lipinski definition) is 6. The molecule has 2 aromatic rings. The van der Waals surface area contributed by atoms with Gasteiger partial charge in [-0.15, -0.1) is 10.2 Å². The second-order valence-electron chi connectivity index (χ2n) is 4.11. The molecule has 106 valence electrons. The monoisotopic (exact) mass is 292 g/mol. The van der Waals surface area contributed by atoms with Crippen LogP contribution in [0.1, 0.15) is 13.3 Å². The van der Waals surface area contributed by atoms with Gasteiger partial charge in [0.1, 0.15) is 10.8 Å². The van der Waals surface area contributed by atoms with E-state index >= 15 is 0 Å². The first-order chi connectivity index (χ1) is 9.69. The van der Waals surface area contributed by atoms with Crippen LogP contribution in [0.5, 0.6) is 5.75 Å². The number of ether oxygens (including phenoxy) is 1. The zero-order valence-corrected chi connectivity index (χ0v) is 11.9. The molecular formula is C13H16N4O2S. The molecule has 0 saturated carbocycles. The summed E-state index contributed by atoms with van der Waals surface area (Å²) in [5.41, 5.74) is 6.46. The van der Waals surface area contributed by atoms with Crippen LogP contribution in [0, 0.1) is 0 Å². The van der Waals surface area contributed by atoms with Crippen LogP contribution in [-0.2, 0) is 4.79 Å². The number of aromatic nitrogens is 2. The Kier molecular flexibility index (Phi) is 4.89. The van der Waals surface area contributed by atoms with Gasteiger partial charge in [-0.25, -0.2) is 0 Å². The summed E-state index contributed by atoms with van der Waals surface area (Å²) in [7, 11) is 0. The van der Waals surface area contributed by atoms with Gasteiger partial charge in [0.2, 0.25) is 5.13 Å². The summed E-state index contributed by atoms with van der Waals surface area (Å²) in [6.45, 7) is 2.69. The molecule has 7 heteroatoms. The fourth-order valence-corrected chi connectivity index (χ4v) is 2.12. The van der Waals surface area contributed by atoms with Gasteiger partial charge in [0.15, 0.2) is 6.61 Å². The van der Waals surface area contributed by atoms with Gasteiger partial charge >= 0.3 is 0 Å². The molecule has 2 rings (SSSR count). The number of rotatable bonds is 6. The van der Waals surface area contributed by atoms with E-state index in [1.54, 1.807) is 12.1 Å². The average molecular weight is 292 g/mol. The van der Waals surface area contributed by atoms with E-state index in [0.717, 1.165) is 17.0 Å². The average Bonchev–Trinajstić information content (AvgIpc) is 2.90. The highest BCUT2D eigenvalue weighted by atomic mass is 32.1. The van der Waals surface area contributed by atoms with Gasteiger partial charge in [-0.1, -0.05) is 18.3 Å². The molecule has 0 atom stereocenters. The minimum absolute atomic E-state index is 0.0190. The van der Waals surface area contributed by atoms with Crippen molar-refractivity contribution in [1.82, 2.24) is 15.5 Å². The fourth-order valence-electron chi connectivity index (χ4n) is 1.51. The van der Waals surface area contributed by atoms with Crippen LogP contribution in [0.25, 0.3) is 10.6 Å². The maximum absolute atomic E-state index is 11.4. The van der Waals surface area contributed by atoms with Crippen molar-refractivity contribution in [2.75, 3.05) is 18.9 Å². The number of hydrogen-bond donors (Lipinski definition) is 2. The quantitative estimate of drug-likeness (QED) is 0.845. The van der Waals surface area contributed by atoms with Crippen LogP contribution in [0.4, 0.5) is 5.13 Å². The Balaban J connectivity index is 1.90. The Bertz CT molecular complexity index is 568. The Morgan fingerprint density at radius 1 is 1.35 bits per heavy atom. The summed E-state index contributed by atoms with van der Waals surface area (Å²) in [6.07, 6.45) is 0.908. The topological polar surface area (TPSA) is 90.1 Å². The molecule has 0 aliphatic heterocycles. The first-order valence-electron chi connectivity index (χ1n) is 6.28. The van der Waals surface area contributed by atoms with Crippen LogP contribution in [0.2, 0.25) is 0 Å². The third-order valence-electron chi connectivity index (χ3n) is 2.48. The number of nitrogen functional groups attached to an aromatic ring is 1. The maximum atomic E-state index is 11.4. The number of benzene rings is 1. The van der Waals surface area contributed by atoms with E-state index in [4.69, 9.17) is 10.5 Å². The van der Waals surface area contributed by atoms with Crippen LogP contribution in [0.3, 0.4) is 0 Å². The number of nitrogens with two attached hydrogens (primary N) is 1. The number of amides is 1. The zero-order valence-electron chi connectivity index (χ0n) is 11.1. The molecule has 0 aliphatic carbocycles. The van der Waals surface area contributed by atoms with Gasteiger partial charge in [-0.2, -0.15) is 0 Å². The molecule has 0 spiro atoms. The minimum atomic E-state index is -0.118. The molecule has 0 radical (unpaired) electrons. The van der Waals surface area contributed by atoms with E-state index in [1.165, 1.54) is 11.3 Å². The number of carbonyl (C=O) groups excluding carboxylic acids is 1. The molecular weight excluding hydrogens is 276 g/mol. The molecule has 1 aromatic carbocycles. The molecule has 0 bridgehead atoms. The molecule has 20 heavy (non-hydrogen) atoms. The van der Waals surface area contributed by atoms with Gasteiger partial charge in [-0.3, -0.25) is 4.79 Å². The lowest BCUT2D eigenvalue weighted by Gasteiger charge is -2.06. The maximum Gasteiger partial charge on any atom is 0.257 e. The largest absolute Gasteiger partial charge is 0.484 e. The lowest BCUT2D eigenvalue weighted by Crippen LogP contribution is -2.29. The molecule has 1 heterocycles. The van der Waals surface area contributed by atoms with Crippen LogP contribution in [0.15, 0.2) is 24.3 Å². The van der Waals surface area contributed by atoms with Crippen molar-refractivity contribution in [3.05, 3.63) is 24.3 Å². The predicted octanol–water partition coefficient (Wildman–Crippen LogP) is 1.69. The molecule has 1 aromatic heterocycles. The molecule has 0 aliphatic rings. The lowest BCUT2D eigenvalue weighted by atomic mass is 10.2. The summed E-state index contributed by atoms with van der Waals surface area (Å²) in [6, 6.07) is 7.30. The number of carbonyl (C=O) groups is 1. The van der Waals surface area contributed by atoms with E-state index in [0.29, 0.717) is 17.4 Å². The fraction of sp³-hybridized carbons (Fsp3) is 0.308. The van der Waals surface area contributed by atoms with Gasteiger partial charge in [0, 0.05) is 12.1 Å². The van der Waals surface area contributed by atoms with E-state index in [1.807, 2.05) is 19.1 Å². The number of nitrogens with one attached hydrogen (secondary N) is 1. The van der Waals surface area contributed by atoms with Crippen LogP contribution < -0.4 is 15.8 Å². The zero-order chi connectivity index (χ0) is 14.4. The summed E-state index contributed by atoms with van der Waals surface area (Å²) >= 11 is 1.32. The third-order valence-corrected chi connectivity index (χ3v) is 3.29. The highest BCUT2D eigenvalue weighted by Gasteiger charge is 2.05. The molecule has 3 N–H and O–H groups in total. The van der Waals surface area contributed by atoms with Gasteiger partial charge < -0.3 is 15.8 Å². The van der Waals surface area contributed by atoms with E-state index < -0.39 is 0 Å². The molecule has 0 saturated heterocycles. The standard InChI is InChI=1S/C13H16N4O2S/c1-2-7-15-11(18)8-19-10-5-3-9(4-6-10)12-16-17-13(14)20-12/h3-6H,2,7-8H2,1H3,(H2,14,17)(H,15,18). The molecule has 0 fully saturated rings. The highest BCUT2D eigenvalue weighted by Crippen LogP contribution is 2.26. The van der Waals surface area contributed by atoms with Gasteiger partial charge in [-0.05, 0) is 30.7 Å². The summed E-state index contributed by atoms with van der Waals surface area (Å²) < 4.78 is 5.39. The van der Waals surface area contributed by atoms with E-state index in [9.17, 15) is 4.79 Å². The SMILES string of the molecule is CCCNC(=O)COc1ccc(-c2nnc(N)s2)cc1. The second-order valence-corrected chi connectivity index (χ2v) is 5.12. The third kappa shape index (κ3) is 3.92. The second kappa shape index (κ2) is 6.85. The lowest BCUT2D eigenvalue weighted by molar-refractivity contribution is -0.123. The van der Waals surface area contributed by atoms with Gasteiger partial charge in [0.05, 0.1) is 0 Å². The van der Waals surface area contributed by atoms with E-state index in [-0.39, 0.29) is 12.5 Å². The van der Waals surface area contributed by atoms with Crippen molar-refractivity contribution in [3.8, 4) is 16.3 Å². The van der Waals surface area contributed by atoms with Crippen molar-refractivity contribution < 1.29 is 9.53 Å². The Morgan fingerprint density at radius 3 is 2.70 bits per heavy atom. The molecule has 6 nitrogen and oxygen atoms in total. The Hall–Kier alpha value is -2.15. The normalized spacial score (nSPS) is 10.2. The first kappa shape index (κ1) is 14.3. The molecule has 0 unspecified atom stereocenters. The van der Waals surface area contributed by atoms with Crippen molar-refractivity contribution in [1.29, 1.82) is 0 Å². The Labute approximate surface area is 121 Å². The van der Waals surface area contributed by atoms with Crippen molar-refractivity contribution in [2.45, 2.75) is 13.3 Å².